The highest BCUT2D eigenvalue weighted by atomic mass is 79.9. The van der Waals surface area contributed by atoms with Gasteiger partial charge in [-0.15, -0.1) is 0 Å². The molecule has 0 spiro atoms. The number of hydrogen-bond acceptors (Lipinski definition) is 3. The monoisotopic (exact) mass is 307 g/mol. The van der Waals surface area contributed by atoms with Gasteiger partial charge in [-0.05, 0) is 65.3 Å². The maximum atomic E-state index is 5.74. The van der Waals surface area contributed by atoms with Crippen LogP contribution in [0.15, 0.2) is 46.9 Å². The van der Waals surface area contributed by atoms with E-state index in [2.05, 4.69) is 15.9 Å². The molecule has 0 fully saturated rings. The van der Waals surface area contributed by atoms with Crippen LogP contribution in [0.5, 0.6) is 17.2 Å². The molecule has 0 unspecified atom stereocenters. The summed E-state index contributed by atoms with van der Waals surface area (Å²) in [5.74, 6) is 2.30. The molecule has 0 heterocycles. The lowest BCUT2D eigenvalue weighted by molar-refractivity contribution is 0.339. The van der Waals surface area contributed by atoms with Gasteiger partial charge >= 0.3 is 0 Å². The van der Waals surface area contributed by atoms with E-state index in [0.29, 0.717) is 12.3 Å². The molecule has 0 radical (unpaired) electrons. The van der Waals surface area contributed by atoms with Crippen LogP contribution in [-0.4, -0.2) is 6.61 Å². The van der Waals surface area contributed by atoms with E-state index in [1.165, 1.54) is 0 Å². The summed E-state index contributed by atoms with van der Waals surface area (Å²) in [6.07, 6.45) is 0. The Morgan fingerprint density at radius 3 is 2.33 bits per heavy atom. The van der Waals surface area contributed by atoms with E-state index in [1.54, 1.807) is 12.1 Å². The molecule has 18 heavy (non-hydrogen) atoms. The Morgan fingerprint density at radius 2 is 1.72 bits per heavy atom. The first-order valence-corrected chi connectivity index (χ1v) is 6.44. The highest BCUT2D eigenvalue weighted by molar-refractivity contribution is 9.10. The molecule has 0 aromatic heterocycles. The molecule has 0 aliphatic heterocycles. The van der Waals surface area contributed by atoms with Gasteiger partial charge in [0.1, 0.15) is 17.2 Å². The van der Waals surface area contributed by atoms with E-state index in [1.807, 2.05) is 37.3 Å². The zero-order valence-corrected chi connectivity index (χ0v) is 11.6. The predicted molar refractivity (Wildman–Crippen MR) is 76.2 cm³/mol. The Labute approximate surface area is 115 Å². The van der Waals surface area contributed by atoms with E-state index in [-0.39, 0.29) is 0 Å². The van der Waals surface area contributed by atoms with Gasteiger partial charge in [0.15, 0.2) is 0 Å². The van der Waals surface area contributed by atoms with Crippen LogP contribution in [0.3, 0.4) is 0 Å². The molecule has 2 aromatic rings. The van der Waals surface area contributed by atoms with Crippen molar-refractivity contribution in [1.29, 1.82) is 0 Å². The van der Waals surface area contributed by atoms with Gasteiger partial charge in [0, 0.05) is 5.69 Å². The third-order valence-corrected chi connectivity index (χ3v) is 2.94. The maximum Gasteiger partial charge on any atom is 0.141 e. The minimum atomic E-state index is 0.643. The average molecular weight is 308 g/mol. The van der Waals surface area contributed by atoms with E-state index in [0.717, 1.165) is 21.7 Å². The molecule has 2 aromatic carbocycles. The second kappa shape index (κ2) is 5.78. The molecule has 3 nitrogen and oxygen atoms in total. The number of anilines is 1. The summed E-state index contributed by atoms with van der Waals surface area (Å²) in [4.78, 5) is 0. The minimum Gasteiger partial charge on any atom is -0.494 e. The van der Waals surface area contributed by atoms with Crippen molar-refractivity contribution in [3.8, 4) is 17.2 Å². The second-order valence-corrected chi connectivity index (χ2v) is 4.55. The number of nitrogens with two attached hydrogens (primary N) is 1. The number of benzene rings is 2. The van der Waals surface area contributed by atoms with E-state index in [9.17, 15) is 0 Å². The predicted octanol–water partition coefficient (Wildman–Crippen LogP) is 4.22. The summed E-state index contributed by atoms with van der Waals surface area (Å²) in [5, 5.41) is 0. The van der Waals surface area contributed by atoms with Crippen molar-refractivity contribution in [2.24, 2.45) is 0 Å². The minimum absolute atomic E-state index is 0.643. The lowest BCUT2D eigenvalue weighted by atomic mass is 10.3. The number of nitrogen functional groups attached to an aromatic ring is 1. The van der Waals surface area contributed by atoms with E-state index >= 15 is 0 Å². The fourth-order valence-electron chi connectivity index (χ4n) is 1.48. The summed E-state index contributed by atoms with van der Waals surface area (Å²) in [6, 6.07) is 12.9. The second-order valence-electron chi connectivity index (χ2n) is 3.70. The van der Waals surface area contributed by atoms with Gasteiger partial charge in [0.05, 0.1) is 11.1 Å². The van der Waals surface area contributed by atoms with Crippen LogP contribution in [0.2, 0.25) is 0 Å². The molecular formula is C14H14BrNO2. The summed E-state index contributed by atoms with van der Waals surface area (Å²) in [5.41, 5.74) is 6.34. The maximum absolute atomic E-state index is 5.74. The van der Waals surface area contributed by atoms with Crippen LogP contribution in [0.1, 0.15) is 6.92 Å². The molecule has 4 heteroatoms. The largest absolute Gasteiger partial charge is 0.494 e. The first-order valence-electron chi connectivity index (χ1n) is 5.65. The van der Waals surface area contributed by atoms with Crippen molar-refractivity contribution in [2.75, 3.05) is 12.3 Å². The van der Waals surface area contributed by atoms with Crippen molar-refractivity contribution < 1.29 is 9.47 Å². The SMILES string of the molecule is CCOc1ccc(Oc2ccc(N)cc2)c(Br)c1. The van der Waals surface area contributed by atoms with Gasteiger partial charge in [-0.1, -0.05) is 0 Å². The molecule has 2 rings (SSSR count). The lowest BCUT2D eigenvalue weighted by Crippen LogP contribution is -1.92. The summed E-state index contributed by atoms with van der Waals surface area (Å²) >= 11 is 3.46. The number of halogens is 1. The van der Waals surface area contributed by atoms with Crippen LogP contribution in [0, 0.1) is 0 Å². The molecule has 0 bridgehead atoms. The smallest absolute Gasteiger partial charge is 0.141 e. The molecule has 0 amide bonds. The summed E-state index contributed by atoms with van der Waals surface area (Å²) in [7, 11) is 0. The highest BCUT2D eigenvalue weighted by Crippen LogP contribution is 2.32. The normalized spacial score (nSPS) is 10.1. The van der Waals surface area contributed by atoms with Gasteiger partial charge in [-0.2, -0.15) is 0 Å². The summed E-state index contributed by atoms with van der Waals surface area (Å²) < 4.78 is 12.0. The number of hydrogen-bond donors (Lipinski definition) is 1. The van der Waals surface area contributed by atoms with E-state index in [4.69, 9.17) is 15.2 Å². The first-order chi connectivity index (χ1) is 8.69. The average Bonchev–Trinajstić information content (AvgIpc) is 2.36. The quantitative estimate of drug-likeness (QED) is 0.860. The van der Waals surface area contributed by atoms with Crippen molar-refractivity contribution in [1.82, 2.24) is 0 Å². The van der Waals surface area contributed by atoms with Crippen molar-refractivity contribution in [2.45, 2.75) is 6.92 Å². The number of rotatable bonds is 4. The third-order valence-electron chi connectivity index (χ3n) is 2.32. The van der Waals surface area contributed by atoms with Crippen LogP contribution >= 0.6 is 15.9 Å². The van der Waals surface area contributed by atoms with Crippen LogP contribution in [0.25, 0.3) is 0 Å². The molecule has 2 N–H and O–H groups in total. The fourth-order valence-corrected chi connectivity index (χ4v) is 1.92. The molecular weight excluding hydrogens is 294 g/mol. The molecule has 0 saturated carbocycles. The van der Waals surface area contributed by atoms with Gasteiger partial charge in [-0.25, -0.2) is 0 Å². The third kappa shape index (κ3) is 3.17. The van der Waals surface area contributed by atoms with Gasteiger partial charge in [-0.3, -0.25) is 0 Å². The van der Waals surface area contributed by atoms with Crippen molar-refractivity contribution in [3.05, 3.63) is 46.9 Å². The van der Waals surface area contributed by atoms with Gasteiger partial charge < -0.3 is 15.2 Å². The summed E-state index contributed by atoms with van der Waals surface area (Å²) in [6.45, 7) is 2.59. The Morgan fingerprint density at radius 1 is 1.06 bits per heavy atom. The Kier molecular flexibility index (Phi) is 4.10. The van der Waals surface area contributed by atoms with Crippen LogP contribution in [0.4, 0.5) is 5.69 Å². The molecule has 0 aliphatic rings. The highest BCUT2D eigenvalue weighted by Gasteiger charge is 2.04. The van der Waals surface area contributed by atoms with E-state index < -0.39 is 0 Å². The Bertz CT molecular complexity index is 526. The van der Waals surface area contributed by atoms with Gasteiger partial charge in [0.2, 0.25) is 0 Å². The topological polar surface area (TPSA) is 44.5 Å². The fraction of sp³-hybridized carbons (Fsp3) is 0.143. The number of ether oxygens (including phenoxy) is 2. The first kappa shape index (κ1) is 12.8. The molecule has 0 atom stereocenters. The Balaban J connectivity index is 2.16. The van der Waals surface area contributed by atoms with Crippen LogP contribution in [-0.2, 0) is 0 Å². The van der Waals surface area contributed by atoms with Crippen molar-refractivity contribution in [3.63, 3.8) is 0 Å². The van der Waals surface area contributed by atoms with Crippen LogP contribution < -0.4 is 15.2 Å². The van der Waals surface area contributed by atoms with Gasteiger partial charge in [0.25, 0.3) is 0 Å². The molecule has 0 saturated heterocycles. The zero-order chi connectivity index (χ0) is 13.0. The molecule has 0 aliphatic carbocycles. The standard InChI is InChI=1S/C14H14BrNO2/c1-2-17-12-7-8-14(13(15)9-12)18-11-5-3-10(16)4-6-11/h3-9H,2,16H2,1H3. The molecule has 94 valence electrons. The van der Waals surface area contributed by atoms with Crippen molar-refractivity contribution >= 4 is 21.6 Å². The zero-order valence-electron chi connectivity index (χ0n) is 10.0. The lowest BCUT2D eigenvalue weighted by Gasteiger charge is -2.10. The Hall–Kier alpha value is -1.68.